The van der Waals surface area contributed by atoms with Gasteiger partial charge in [-0.15, -0.1) is 0 Å². The summed E-state index contributed by atoms with van der Waals surface area (Å²) in [7, 11) is 0. The average Bonchev–Trinajstić information content (AvgIpc) is 1.59. The number of fused-ring (bicyclic) bond motifs is 21. The van der Waals surface area contributed by atoms with Gasteiger partial charge in [0.25, 0.3) is 0 Å². The van der Waals surface area contributed by atoms with E-state index < -0.39 is 0 Å². The number of rotatable bonds is 13. The highest BCUT2D eigenvalue weighted by molar-refractivity contribution is 6.19. The van der Waals surface area contributed by atoms with E-state index in [2.05, 4.69) is 598 Å². The average molecular weight is 1910 g/mol. The van der Waals surface area contributed by atoms with Crippen LogP contribution in [0, 0.1) is 0 Å². The second-order valence-electron chi connectivity index (χ2n) is 39.4. The van der Waals surface area contributed by atoms with Crippen LogP contribution in [0.3, 0.4) is 0 Å². The molecule has 0 aliphatic heterocycles. The Labute approximate surface area is 866 Å². The molecule has 6 nitrogen and oxygen atoms in total. The van der Waals surface area contributed by atoms with E-state index in [1.54, 1.807) is 0 Å². The van der Waals surface area contributed by atoms with Crippen LogP contribution >= 0.6 is 0 Å². The molecular formula is C144H94N6. The third-order valence-electron chi connectivity index (χ3n) is 30.9. The lowest BCUT2D eigenvalue weighted by atomic mass is 9.95. The Bertz CT molecular complexity index is 10700. The smallest absolute Gasteiger partial charge is 0.0547 e. The molecular weight excluding hydrogens is 1810 g/mol. The molecule has 31 rings (SSSR count). The van der Waals surface area contributed by atoms with Crippen molar-refractivity contribution in [3.05, 3.63) is 570 Å². The van der Waals surface area contributed by atoms with E-state index in [0.29, 0.717) is 0 Å². The molecule has 0 amide bonds. The minimum Gasteiger partial charge on any atom is -0.309 e. The number of para-hydroxylation sites is 9. The highest BCUT2D eigenvalue weighted by atomic mass is 15.0. The second-order valence-corrected chi connectivity index (χ2v) is 39.4. The standard InChI is InChI=1S/C52H34N2.2C46H30N2/c1-3-14-41(15-4-1)53-50-30-27-38(35-22-24-37(25-23-35)44-20-11-13-36-12-7-8-18-43(36)44)32-47(50)48-33-39(28-31-51(48)53)40-26-29-46-45-19-9-10-21-49(45)54(52(46)34-40)42-16-5-2-6-17-42;1-3-14-35(15-4-1)47-44-26-23-32(28-41(44)42-29-34(24-27-45(42)47)38-20-11-13-31-12-7-8-18-37(31)38)33-22-25-40-39-19-9-10-21-43(39)48(46(40)30-33)36-16-5-2-6-17-36;1-3-13-37(14-4-1)47-44-25-22-34(33-20-19-31-11-7-8-12-32(31)27-33)28-41(44)42-29-35(23-26-45(42)47)36-21-24-40-39-17-9-10-18-43(39)48(46(40)30-36)38-15-5-2-6-16-38/h1-34H;2*1-30H. The van der Waals surface area contributed by atoms with Crippen LogP contribution in [0.25, 0.3) is 275 Å². The van der Waals surface area contributed by atoms with E-state index in [0.717, 1.165) is 17.1 Å². The van der Waals surface area contributed by atoms with Crippen LogP contribution in [0.2, 0.25) is 0 Å². The molecule has 0 saturated carbocycles. The predicted molar refractivity (Wildman–Crippen MR) is 636 cm³/mol. The molecule has 31 aromatic rings. The van der Waals surface area contributed by atoms with E-state index >= 15 is 0 Å². The number of hydrogen-bond acceptors (Lipinski definition) is 0. The molecule has 0 spiro atoms. The van der Waals surface area contributed by atoms with Crippen LogP contribution in [0.1, 0.15) is 0 Å². The second kappa shape index (κ2) is 36.1. The van der Waals surface area contributed by atoms with Crippen molar-refractivity contribution in [3.63, 3.8) is 0 Å². The summed E-state index contributed by atoms with van der Waals surface area (Å²) in [5.41, 5.74) is 38.6. The van der Waals surface area contributed by atoms with Gasteiger partial charge in [-0.1, -0.05) is 382 Å². The summed E-state index contributed by atoms with van der Waals surface area (Å²) in [6, 6.07) is 208. The van der Waals surface area contributed by atoms with E-state index in [1.165, 1.54) is 258 Å². The largest absolute Gasteiger partial charge is 0.309 e. The van der Waals surface area contributed by atoms with Gasteiger partial charge < -0.3 is 27.4 Å². The van der Waals surface area contributed by atoms with Gasteiger partial charge in [0.05, 0.1) is 66.2 Å². The topological polar surface area (TPSA) is 29.6 Å². The van der Waals surface area contributed by atoms with Gasteiger partial charge in [-0.2, -0.15) is 0 Å². The lowest BCUT2D eigenvalue weighted by molar-refractivity contribution is 1.18. The highest BCUT2D eigenvalue weighted by Crippen LogP contribution is 2.47. The molecule has 0 atom stereocenters. The number of aromatic nitrogens is 6. The molecule has 700 valence electrons. The number of hydrogen-bond donors (Lipinski definition) is 0. The Morgan fingerprint density at radius 2 is 0.287 bits per heavy atom. The maximum atomic E-state index is 2.40. The first kappa shape index (κ1) is 86.7. The van der Waals surface area contributed by atoms with Crippen LogP contribution in [-0.4, -0.2) is 27.4 Å². The molecule has 6 aromatic heterocycles. The molecule has 0 saturated heterocycles. The van der Waals surface area contributed by atoms with Gasteiger partial charge in [0.1, 0.15) is 0 Å². The van der Waals surface area contributed by atoms with E-state index in [-0.39, 0.29) is 0 Å². The zero-order valence-corrected chi connectivity index (χ0v) is 82.0. The Hall–Kier alpha value is -19.9. The molecule has 0 bridgehead atoms. The fourth-order valence-electron chi connectivity index (χ4n) is 23.9. The molecule has 0 aliphatic carbocycles. The first-order valence-corrected chi connectivity index (χ1v) is 51.6. The molecule has 0 radical (unpaired) electrons. The summed E-state index contributed by atoms with van der Waals surface area (Å²) < 4.78 is 14.4. The third kappa shape index (κ3) is 14.8. The van der Waals surface area contributed by atoms with Crippen LogP contribution in [-0.2, 0) is 0 Å². The lowest BCUT2D eigenvalue weighted by Crippen LogP contribution is -1.93. The minimum absolute atomic E-state index is 1.16. The first-order valence-electron chi connectivity index (χ1n) is 51.6. The fourth-order valence-corrected chi connectivity index (χ4v) is 23.9. The molecule has 0 aliphatic rings. The van der Waals surface area contributed by atoms with Gasteiger partial charge in [0.15, 0.2) is 0 Å². The van der Waals surface area contributed by atoms with Crippen LogP contribution < -0.4 is 0 Å². The quantitative estimate of drug-likeness (QED) is 0.110. The van der Waals surface area contributed by atoms with Gasteiger partial charge in [-0.25, -0.2) is 0 Å². The van der Waals surface area contributed by atoms with Gasteiger partial charge in [-0.3, -0.25) is 0 Å². The van der Waals surface area contributed by atoms with Crippen LogP contribution in [0.15, 0.2) is 570 Å². The van der Waals surface area contributed by atoms with Crippen molar-refractivity contribution < 1.29 is 0 Å². The number of nitrogens with zero attached hydrogens (tertiary/aromatic N) is 6. The van der Waals surface area contributed by atoms with Gasteiger partial charge >= 0.3 is 0 Å². The van der Waals surface area contributed by atoms with Crippen molar-refractivity contribution in [2.45, 2.75) is 0 Å². The van der Waals surface area contributed by atoms with E-state index in [9.17, 15) is 0 Å². The first-order chi connectivity index (χ1) is 74.4. The lowest BCUT2D eigenvalue weighted by Gasteiger charge is -2.10. The minimum atomic E-state index is 1.16. The summed E-state index contributed by atoms with van der Waals surface area (Å²) in [6.45, 7) is 0. The van der Waals surface area contributed by atoms with Crippen LogP contribution in [0.4, 0.5) is 0 Å². The van der Waals surface area contributed by atoms with Gasteiger partial charge in [0, 0.05) is 98.8 Å². The van der Waals surface area contributed by atoms with E-state index in [1.807, 2.05) is 0 Å². The molecule has 6 heterocycles. The predicted octanol–water partition coefficient (Wildman–Crippen LogP) is 38.8. The molecule has 6 heteroatoms. The molecule has 0 N–H and O–H groups in total. The SMILES string of the molecule is c1ccc(-n2c3ccc(-c4ccc(-c5cccc6ccccc56)cc4)cc3c3cc(-c4ccc5c6ccccc6n(-c6ccccc6)c5c4)ccc32)cc1.c1ccc(-n2c3ccc(-c4ccc5c6ccccc6n(-c6ccccc6)c5c4)cc3c3cc(-c4cccc5ccccc45)ccc32)cc1.c1ccc(-n2c3ccc(-c4ccc5ccccc5c4)cc3c3cc(-c4ccc5c6ccccc6n(-c6ccccc6)c5c4)ccc32)cc1. The Balaban J connectivity index is 0.000000106. The Morgan fingerprint density at radius 1 is 0.0867 bits per heavy atom. The van der Waals surface area contributed by atoms with Gasteiger partial charge in [-0.05, 0) is 298 Å². The zero-order valence-electron chi connectivity index (χ0n) is 82.0. The summed E-state index contributed by atoms with van der Waals surface area (Å²) in [5, 5.41) is 22.7. The summed E-state index contributed by atoms with van der Waals surface area (Å²) >= 11 is 0. The van der Waals surface area contributed by atoms with Crippen LogP contribution in [0.5, 0.6) is 0 Å². The molecule has 150 heavy (non-hydrogen) atoms. The Kier molecular flexibility index (Phi) is 20.9. The van der Waals surface area contributed by atoms with Crippen molar-refractivity contribution >= 4 is 163 Å². The molecule has 0 fully saturated rings. The van der Waals surface area contributed by atoms with Crippen molar-refractivity contribution in [1.29, 1.82) is 0 Å². The normalized spacial score (nSPS) is 11.7. The maximum absolute atomic E-state index is 2.40. The van der Waals surface area contributed by atoms with Crippen molar-refractivity contribution in [2.24, 2.45) is 0 Å². The monoisotopic (exact) mass is 1910 g/mol. The van der Waals surface area contributed by atoms with Gasteiger partial charge in [0.2, 0.25) is 0 Å². The maximum Gasteiger partial charge on any atom is 0.0547 e. The zero-order chi connectivity index (χ0) is 98.8. The third-order valence-corrected chi connectivity index (χ3v) is 30.9. The summed E-state index contributed by atoms with van der Waals surface area (Å²) in [4.78, 5) is 0. The molecule has 25 aromatic carbocycles. The van der Waals surface area contributed by atoms with Crippen molar-refractivity contribution in [3.8, 4) is 112 Å². The van der Waals surface area contributed by atoms with Crippen molar-refractivity contribution in [2.75, 3.05) is 0 Å². The summed E-state index contributed by atoms with van der Waals surface area (Å²) in [5.74, 6) is 0. The fraction of sp³-hybridized carbons (Fsp3) is 0. The van der Waals surface area contributed by atoms with Crippen molar-refractivity contribution in [1.82, 2.24) is 27.4 Å². The highest BCUT2D eigenvalue weighted by Gasteiger charge is 2.25. The van der Waals surface area contributed by atoms with E-state index in [4.69, 9.17) is 0 Å². The molecule has 0 unspecified atom stereocenters. The Morgan fingerprint density at radius 3 is 0.620 bits per heavy atom. The summed E-state index contributed by atoms with van der Waals surface area (Å²) in [6.07, 6.45) is 0. The number of benzene rings is 25.